The average Bonchev–Trinajstić information content (AvgIpc) is 3.19. The molecule has 1 aliphatic heterocycles. The first-order valence-electron chi connectivity index (χ1n) is 11.1. The zero-order valence-electron chi connectivity index (χ0n) is 18.5. The Labute approximate surface area is 184 Å². The number of para-hydroxylation sites is 1. The van der Waals surface area contributed by atoms with Gasteiger partial charge in [0.15, 0.2) is 0 Å². The van der Waals surface area contributed by atoms with Gasteiger partial charge in [-0.25, -0.2) is 4.79 Å². The lowest BCUT2D eigenvalue weighted by Crippen LogP contribution is -2.42. The number of hydrogen-bond acceptors (Lipinski definition) is 2. The molecule has 0 radical (unpaired) electrons. The Morgan fingerprint density at radius 3 is 2.61 bits per heavy atom. The van der Waals surface area contributed by atoms with Gasteiger partial charge in [-0.1, -0.05) is 44.2 Å². The highest BCUT2D eigenvalue weighted by Crippen LogP contribution is 2.37. The fraction of sp³-hybridized carbons (Fsp3) is 0.346. The summed E-state index contributed by atoms with van der Waals surface area (Å²) >= 11 is 0. The first kappa shape index (κ1) is 21.0. The van der Waals surface area contributed by atoms with Gasteiger partial charge in [0.25, 0.3) is 0 Å². The molecule has 0 aliphatic carbocycles. The lowest BCUT2D eigenvalue weighted by molar-refractivity contribution is 0.180. The maximum Gasteiger partial charge on any atom is 0.318 e. The largest absolute Gasteiger partial charge is 0.494 e. The van der Waals surface area contributed by atoms with Crippen LogP contribution in [-0.4, -0.2) is 28.6 Å². The summed E-state index contributed by atoms with van der Waals surface area (Å²) in [6.07, 6.45) is 3.04. The highest BCUT2D eigenvalue weighted by molar-refractivity contribution is 5.76. The van der Waals surface area contributed by atoms with Crippen molar-refractivity contribution in [3.63, 3.8) is 0 Å². The van der Waals surface area contributed by atoms with Crippen molar-refractivity contribution in [2.24, 2.45) is 5.92 Å². The molecule has 0 spiro atoms. The molecule has 2 amide bonds. The molecular formula is C26H31N3O2. The van der Waals surface area contributed by atoms with Crippen LogP contribution in [0.1, 0.15) is 50.1 Å². The van der Waals surface area contributed by atoms with Crippen LogP contribution >= 0.6 is 0 Å². The molecule has 4 rings (SSSR count). The van der Waals surface area contributed by atoms with Gasteiger partial charge in [0.2, 0.25) is 0 Å². The number of carbonyl (C=O) groups excluding carboxylic acids is 1. The molecule has 162 valence electrons. The second kappa shape index (κ2) is 9.29. The monoisotopic (exact) mass is 417 g/mol. The summed E-state index contributed by atoms with van der Waals surface area (Å²) < 4.78 is 7.84. The summed E-state index contributed by atoms with van der Waals surface area (Å²) in [5, 5.41) is 3.15. The zero-order chi connectivity index (χ0) is 21.8. The fourth-order valence-electron chi connectivity index (χ4n) is 4.17. The van der Waals surface area contributed by atoms with Crippen molar-refractivity contribution in [3.8, 4) is 11.4 Å². The summed E-state index contributed by atoms with van der Waals surface area (Å²) in [7, 11) is 0. The van der Waals surface area contributed by atoms with Crippen LogP contribution < -0.4 is 10.1 Å². The standard InChI is InChI=1S/C26H31N3O2/c1-4-31-22-13-11-20(12-14-22)25-24-10-7-17-28(24)23-9-6-5-8-21(23)18-29(25)26(30)27-16-15-19(2)3/h5-14,17,19,25H,4,15-16,18H2,1-3H3,(H,27,30)/t25-/m0/s1. The number of rotatable bonds is 6. The van der Waals surface area contributed by atoms with E-state index in [-0.39, 0.29) is 12.1 Å². The van der Waals surface area contributed by atoms with Gasteiger partial charge in [0, 0.05) is 18.4 Å². The van der Waals surface area contributed by atoms with Gasteiger partial charge < -0.3 is 19.5 Å². The van der Waals surface area contributed by atoms with Gasteiger partial charge in [-0.3, -0.25) is 0 Å². The van der Waals surface area contributed by atoms with E-state index in [9.17, 15) is 4.79 Å². The number of nitrogens with one attached hydrogen (secondary N) is 1. The summed E-state index contributed by atoms with van der Waals surface area (Å²) in [5.74, 6) is 1.38. The van der Waals surface area contributed by atoms with Crippen molar-refractivity contribution in [1.82, 2.24) is 14.8 Å². The predicted molar refractivity (Wildman–Crippen MR) is 124 cm³/mol. The van der Waals surface area contributed by atoms with Crippen molar-refractivity contribution >= 4 is 6.03 Å². The molecule has 0 fully saturated rings. The minimum absolute atomic E-state index is 0.0380. The average molecular weight is 418 g/mol. The van der Waals surface area contributed by atoms with Crippen LogP contribution in [0.5, 0.6) is 5.75 Å². The molecule has 5 nitrogen and oxygen atoms in total. The Morgan fingerprint density at radius 2 is 1.87 bits per heavy atom. The van der Waals surface area contributed by atoms with Crippen molar-refractivity contribution in [3.05, 3.63) is 83.7 Å². The van der Waals surface area contributed by atoms with Crippen LogP contribution in [0.2, 0.25) is 0 Å². The zero-order valence-corrected chi connectivity index (χ0v) is 18.5. The van der Waals surface area contributed by atoms with E-state index in [1.165, 1.54) is 0 Å². The Bertz CT molecular complexity index is 1020. The molecule has 0 bridgehead atoms. The SMILES string of the molecule is CCOc1ccc([C@H]2c3cccn3-c3ccccc3CN2C(=O)NCCC(C)C)cc1. The molecule has 0 saturated heterocycles. The summed E-state index contributed by atoms with van der Waals surface area (Å²) in [6.45, 7) is 8.17. The van der Waals surface area contributed by atoms with Crippen LogP contribution in [-0.2, 0) is 6.54 Å². The number of benzene rings is 2. The van der Waals surface area contributed by atoms with E-state index < -0.39 is 0 Å². The lowest BCUT2D eigenvalue weighted by Gasteiger charge is -2.31. The smallest absolute Gasteiger partial charge is 0.318 e. The summed E-state index contributed by atoms with van der Waals surface area (Å²) in [5.41, 5.74) is 4.40. The molecule has 0 saturated carbocycles. The molecule has 3 aromatic rings. The molecule has 1 atom stereocenters. The molecule has 0 unspecified atom stereocenters. The quantitative estimate of drug-likeness (QED) is 0.573. The first-order valence-corrected chi connectivity index (χ1v) is 11.1. The third-order valence-corrected chi connectivity index (χ3v) is 5.73. The Hall–Kier alpha value is -3.21. The highest BCUT2D eigenvalue weighted by Gasteiger charge is 2.32. The summed E-state index contributed by atoms with van der Waals surface area (Å²) in [4.78, 5) is 15.4. The van der Waals surface area contributed by atoms with E-state index in [4.69, 9.17) is 4.74 Å². The van der Waals surface area contributed by atoms with E-state index in [0.717, 1.165) is 34.7 Å². The van der Waals surface area contributed by atoms with E-state index in [0.29, 0.717) is 25.6 Å². The number of urea groups is 1. The number of nitrogens with zero attached hydrogens (tertiary/aromatic N) is 2. The Kier molecular flexibility index (Phi) is 6.31. The van der Waals surface area contributed by atoms with Gasteiger partial charge >= 0.3 is 6.03 Å². The van der Waals surface area contributed by atoms with E-state index >= 15 is 0 Å². The maximum absolute atomic E-state index is 13.4. The Balaban J connectivity index is 1.75. The normalized spacial score (nSPS) is 15.2. The molecule has 1 N–H and O–H groups in total. The summed E-state index contributed by atoms with van der Waals surface area (Å²) in [6, 6.07) is 20.3. The molecule has 5 heteroatoms. The maximum atomic E-state index is 13.4. The van der Waals surface area contributed by atoms with E-state index in [1.807, 2.05) is 42.2 Å². The van der Waals surface area contributed by atoms with Crippen LogP contribution in [0.4, 0.5) is 4.79 Å². The second-order valence-corrected chi connectivity index (χ2v) is 8.38. The van der Waals surface area contributed by atoms with E-state index in [2.05, 4.69) is 60.3 Å². The Morgan fingerprint density at radius 1 is 1.10 bits per heavy atom. The van der Waals surface area contributed by atoms with Crippen molar-refractivity contribution in [1.29, 1.82) is 0 Å². The molecule has 2 aromatic carbocycles. The number of carbonyl (C=O) groups is 1. The third kappa shape index (κ3) is 4.46. The molecular weight excluding hydrogens is 386 g/mol. The molecule has 1 aliphatic rings. The number of aromatic nitrogens is 1. The van der Waals surface area contributed by atoms with E-state index in [1.54, 1.807) is 0 Å². The van der Waals surface area contributed by atoms with Gasteiger partial charge in [-0.05, 0) is 60.7 Å². The second-order valence-electron chi connectivity index (χ2n) is 8.38. The van der Waals surface area contributed by atoms with Crippen molar-refractivity contribution in [2.45, 2.75) is 39.8 Å². The van der Waals surface area contributed by atoms with Crippen LogP contribution in [0.3, 0.4) is 0 Å². The van der Waals surface area contributed by atoms with Crippen LogP contribution in [0, 0.1) is 5.92 Å². The van der Waals surface area contributed by atoms with Gasteiger partial charge in [0.05, 0.1) is 24.9 Å². The number of fused-ring (bicyclic) bond motifs is 3. The van der Waals surface area contributed by atoms with Crippen LogP contribution in [0.15, 0.2) is 66.9 Å². The van der Waals surface area contributed by atoms with Crippen molar-refractivity contribution in [2.75, 3.05) is 13.2 Å². The van der Waals surface area contributed by atoms with Crippen LogP contribution in [0.25, 0.3) is 5.69 Å². The molecule has 2 heterocycles. The lowest BCUT2D eigenvalue weighted by atomic mass is 10.0. The van der Waals surface area contributed by atoms with Gasteiger partial charge in [0.1, 0.15) is 5.75 Å². The molecule has 31 heavy (non-hydrogen) atoms. The molecule has 1 aromatic heterocycles. The van der Waals surface area contributed by atoms with Gasteiger partial charge in [-0.15, -0.1) is 0 Å². The first-order chi connectivity index (χ1) is 15.1. The number of amides is 2. The number of ether oxygens (including phenoxy) is 1. The third-order valence-electron chi connectivity index (χ3n) is 5.73. The van der Waals surface area contributed by atoms with Gasteiger partial charge in [-0.2, -0.15) is 0 Å². The highest BCUT2D eigenvalue weighted by atomic mass is 16.5. The van der Waals surface area contributed by atoms with Crippen molar-refractivity contribution < 1.29 is 9.53 Å². The topological polar surface area (TPSA) is 46.5 Å². The predicted octanol–water partition coefficient (Wildman–Crippen LogP) is 5.54. The number of hydrogen-bond donors (Lipinski definition) is 1. The minimum atomic E-state index is -0.197. The fourth-order valence-corrected chi connectivity index (χ4v) is 4.17. The minimum Gasteiger partial charge on any atom is -0.494 e.